The van der Waals surface area contributed by atoms with Crippen molar-refractivity contribution >= 4 is 40.1 Å². The van der Waals surface area contributed by atoms with Crippen LogP contribution in [0.5, 0.6) is 0 Å². The largest absolute Gasteiger partial charge is 0.462 e. The number of benzene rings is 1. The first-order chi connectivity index (χ1) is 14.5. The monoisotopic (exact) mass is 440 g/mol. The van der Waals surface area contributed by atoms with Crippen LogP contribution in [0.25, 0.3) is 5.69 Å². The zero-order chi connectivity index (χ0) is 21.3. The van der Waals surface area contributed by atoms with Gasteiger partial charge in [0.15, 0.2) is 0 Å². The molecule has 2 heterocycles. The summed E-state index contributed by atoms with van der Waals surface area (Å²) in [6, 6.07) is 9.92. The number of aryl methyl sites for hydroxylation is 2. The van der Waals surface area contributed by atoms with E-state index in [-0.39, 0.29) is 5.97 Å². The summed E-state index contributed by atoms with van der Waals surface area (Å²) in [4.78, 5) is 18.7. The minimum Gasteiger partial charge on any atom is -0.462 e. The van der Waals surface area contributed by atoms with E-state index in [1.165, 1.54) is 11.3 Å². The van der Waals surface area contributed by atoms with Gasteiger partial charge in [0.05, 0.1) is 12.2 Å². The predicted octanol–water partition coefficient (Wildman–Crippen LogP) is 6.62. The van der Waals surface area contributed by atoms with Crippen LogP contribution in [-0.4, -0.2) is 23.4 Å². The molecule has 0 unspecified atom stereocenters. The summed E-state index contributed by atoms with van der Waals surface area (Å²) < 4.78 is 7.50. The van der Waals surface area contributed by atoms with E-state index >= 15 is 0 Å². The van der Waals surface area contributed by atoms with Gasteiger partial charge in [0, 0.05) is 38.8 Å². The number of halogens is 1. The number of carbonyl (C=O) groups is 1. The van der Waals surface area contributed by atoms with Crippen LogP contribution in [-0.2, 0) is 17.6 Å². The minimum absolute atomic E-state index is 0.256. The highest BCUT2D eigenvalue weighted by atomic mass is 35.5. The fourth-order valence-corrected chi connectivity index (χ4v) is 5.52. The number of fused-ring (bicyclic) bond motifs is 1. The SMILES string of the molecule is CCOC(=O)c1c(N=Cc2cc(C)n(-c3cccc(Cl)c3)c2C)sc2c1CCCC2. The van der Waals surface area contributed by atoms with Crippen molar-refractivity contribution in [3.63, 3.8) is 0 Å². The topological polar surface area (TPSA) is 43.6 Å². The van der Waals surface area contributed by atoms with E-state index in [4.69, 9.17) is 21.3 Å². The summed E-state index contributed by atoms with van der Waals surface area (Å²) in [5, 5.41) is 1.46. The first-order valence-corrected chi connectivity index (χ1v) is 11.5. The highest BCUT2D eigenvalue weighted by Gasteiger charge is 2.26. The van der Waals surface area contributed by atoms with Gasteiger partial charge in [-0.2, -0.15) is 0 Å². The summed E-state index contributed by atoms with van der Waals surface area (Å²) in [5.74, 6) is -0.256. The smallest absolute Gasteiger partial charge is 0.341 e. The molecule has 1 aliphatic rings. The molecule has 0 radical (unpaired) electrons. The van der Waals surface area contributed by atoms with E-state index < -0.39 is 0 Å². The number of hydrogen-bond donors (Lipinski definition) is 0. The van der Waals surface area contributed by atoms with Crippen molar-refractivity contribution in [2.45, 2.75) is 46.5 Å². The lowest BCUT2D eigenvalue weighted by Gasteiger charge is -2.11. The van der Waals surface area contributed by atoms with Crippen LogP contribution in [0.4, 0.5) is 5.00 Å². The van der Waals surface area contributed by atoms with Gasteiger partial charge in [-0.1, -0.05) is 17.7 Å². The van der Waals surface area contributed by atoms with Gasteiger partial charge in [0.25, 0.3) is 0 Å². The molecule has 0 N–H and O–H groups in total. The third-order valence-corrected chi connectivity index (χ3v) is 6.92. The second kappa shape index (κ2) is 8.78. The van der Waals surface area contributed by atoms with Crippen LogP contribution in [0.2, 0.25) is 5.02 Å². The van der Waals surface area contributed by atoms with E-state index in [1.807, 2.05) is 37.4 Å². The molecule has 3 aromatic rings. The molecule has 0 fully saturated rings. The number of esters is 1. The predicted molar refractivity (Wildman–Crippen MR) is 124 cm³/mol. The van der Waals surface area contributed by atoms with Crippen molar-refractivity contribution < 1.29 is 9.53 Å². The number of carbonyl (C=O) groups excluding carboxylic acids is 1. The Balaban J connectivity index is 1.72. The van der Waals surface area contributed by atoms with Crippen LogP contribution >= 0.6 is 22.9 Å². The summed E-state index contributed by atoms with van der Waals surface area (Å²) in [7, 11) is 0. The Bertz CT molecular complexity index is 1130. The third kappa shape index (κ3) is 3.96. The molecule has 0 amide bonds. The number of nitrogens with zero attached hydrogens (tertiary/aromatic N) is 2. The van der Waals surface area contributed by atoms with Crippen LogP contribution in [0.1, 0.15) is 57.5 Å². The van der Waals surface area contributed by atoms with Crippen LogP contribution in [0.3, 0.4) is 0 Å². The first kappa shape index (κ1) is 20.9. The fraction of sp³-hybridized carbons (Fsp3) is 0.333. The van der Waals surface area contributed by atoms with Crippen molar-refractivity contribution in [1.82, 2.24) is 4.57 Å². The van der Waals surface area contributed by atoms with Crippen LogP contribution < -0.4 is 0 Å². The molecule has 0 saturated heterocycles. The number of hydrogen-bond acceptors (Lipinski definition) is 4. The lowest BCUT2D eigenvalue weighted by Crippen LogP contribution is -2.09. The van der Waals surface area contributed by atoms with Gasteiger partial charge in [-0.15, -0.1) is 11.3 Å². The molecule has 4 nitrogen and oxygen atoms in total. The van der Waals surface area contributed by atoms with Crippen LogP contribution in [0.15, 0.2) is 35.3 Å². The molecule has 0 spiro atoms. The van der Waals surface area contributed by atoms with Crippen LogP contribution in [0, 0.1) is 13.8 Å². The fourth-order valence-electron chi connectivity index (χ4n) is 4.12. The average Bonchev–Trinajstić information content (AvgIpc) is 3.23. The molecule has 0 bridgehead atoms. The third-order valence-electron chi connectivity index (χ3n) is 5.49. The Morgan fingerprint density at radius 3 is 2.83 bits per heavy atom. The zero-order valence-electron chi connectivity index (χ0n) is 17.5. The maximum absolute atomic E-state index is 12.6. The normalized spacial score (nSPS) is 13.6. The van der Waals surface area contributed by atoms with Gasteiger partial charge < -0.3 is 9.30 Å². The van der Waals surface area contributed by atoms with Crippen molar-refractivity contribution in [3.8, 4) is 5.69 Å². The summed E-state index contributed by atoms with van der Waals surface area (Å²) >= 11 is 7.82. The van der Waals surface area contributed by atoms with Gasteiger partial charge >= 0.3 is 5.97 Å². The second-order valence-electron chi connectivity index (χ2n) is 7.51. The maximum atomic E-state index is 12.6. The molecular formula is C24H25ClN2O2S. The number of aliphatic imine (C=N–C) groups is 1. The van der Waals surface area contributed by atoms with Crippen molar-refractivity contribution in [2.24, 2.45) is 4.99 Å². The molecule has 30 heavy (non-hydrogen) atoms. The lowest BCUT2D eigenvalue weighted by molar-refractivity contribution is 0.0526. The van der Waals surface area contributed by atoms with Gasteiger partial charge in [-0.25, -0.2) is 9.79 Å². The molecule has 2 aromatic heterocycles. The van der Waals surface area contributed by atoms with E-state index in [1.54, 1.807) is 11.3 Å². The molecule has 0 aliphatic heterocycles. The summed E-state index contributed by atoms with van der Waals surface area (Å²) in [6.07, 6.45) is 6.09. The highest BCUT2D eigenvalue weighted by molar-refractivity contribution is 7.16. The molecule has 1 aromatic carbocycles. The number of thiophene rings is 1. The van der Waals surface area contributed by atoms with Gasteiger partial charge in [0.2, 0.25) is 0 Å². The van der Waals surface area contributed by atoms with Crippen molar-refractivity contribution in [3.05, 3.63) is 68.3 Å². The standard InChI is InChI=1S/C24H25ClN2O2S/c1-4-29-24(28)22-20-10-5-6-11-21(20)30-23(22)26-14-17-12-15(2)27(16(17)3)19-9-7-8-18(25)13-19/h7-9,12-14H,4-6,10-11H2,1-3H3. The molecule has 1 aliphatic carbocycles. The number of ether oxygens (including phenoxy) is 1. The average molecular weight is 441 g/mol. The van der Waals surface area contributed by atoms with Gasteiger partial charge in [-0.3, -0.25) is 0 Å². The van der Waals surface area contributed by atoms with E-state index in [9.17, 15) is 4.79 Å². The Morgan fingerprint density at radius 1 is 1.27 bits per heavy atom. The number of aromatic nitrogens is 1. The van der Waals surface area contributed by atoms with E-state index in [0.717, 1.165) is 52.5 Å². The van der Waals surface area contributed by atoms with Gasteiger partial charge in [0.1, 0.15) is 5.00 Å². The Hall–Kier alpha value is -2.37. The molecule has 0 saturated carbocycles. The highest BCUT2D eigenvalue weighted by Crippen LogP contribution is 2.40. The Morgan fingerprint density at radius 2 is 2.07 bits per heavy atom. The summed E-state index contributed by atoms with van der Waals surface area (Å²) in [6.45, 7) is 6.35. The zero-order valence-corrected chi connectivity index (χ0v) is 19.1. The molecule has 4 rings (SSSR count). The van der Waals surface area contributed by atoms with E-state index in [2.05, 4.69) is 24.5 Å². The first-order valence-electron chi connectivity index (χ1n) is 10.3. The Kier molecular flexibility index (Phi) is 6.11. The van der Waals surface area contributed by atoms with E-state index in [0.29, 0.717) is 17.2 Å². The quantitative estimate of drug-likeness (QED) is 0.330. The molecular weight excluding hydrogens is 416 g/mol. The second-order valence-corrected chi connectivity index (χ2v) is 9.03. The van der Waals surface area contributed by atoms with Crippen molar-refractivity contribution in [2.75, 3.05) is 6.61 Å². The molecule has 0 atom stereocenters. The van der Waals surface area contributed by atoms with Crippen molar-refractivity contribution in [1.29, 1.82) is 0 Å². The number of rotatable bonds is 5. The Labute approximate surface area is 186 Å². The van der Waals surface area contributed by atoms with Gasteiger partial charge in [-0.05, 0) is 76.3 Å². The molecule has 6 heteroatoms. The lowest BCUT2D eigenvalue weighted by atomic mass is 9.95. The molecule has 156 valence electrons. The maximum Gasteiger partial charge on any atom is 0.341 e. The summed E-state index contributed by atoms with van der Waals surface area (Å²) in [5.41, 5.74) is 6.03. The minimum atomic E-state index is -0.256.